The molecule has 0 bridgehead atoms. The van der Waals surface area contributed by atoms with Crippen LogP contribution in [0.4, 0.5) is 5.69 Å². The number of carbonyl (C=O) groups excluding carboxylic acids is 2. The molecule has 3 fully saturated rings. The standard InChI is InChI=1S/C20H17Cl2N3O2/c21-13-8-4-9-14(22)17(13)25-19(26)15-16(12-6-2-1-3-7-12)23-10-5-11-24(23)18(15)20(25)27/h1-4,6-9,15-16,18H,5,10-11H2/t15-,16-,18+/m0/s1. The molecule has 2 aromatic rings. The van der Waals surface area contributed by atoms with E-state index in [0.29, 0.717) is 15.7 Å². The van der Waals surface area contributed by atoms with Gasteiger partial charge in [-0.15, -0.1) is 0 Å². The number of fused-ring (bicyclic) bond motifs is 3. The van der Waals surface area contributed by atoms with Crippen molar-refractivity contribution in [3.8, 4) is 0 Å². The summed E-state index contributed by atoms with van der Waals surface area (Å²) in [4.78, 5) is 28.0. The first kappa shape index (κ1) is 17.2. The molecule has 3 atom stereocenters. The van der Waals surface area contributed by atoms with Crippen molar-refractivity contribution in [2.75, 3.05) is 18.0 Å². The molecule has 5 rings (SSSR count). The van der Waals surface area contributed by atoms with Crippen molar-refractivity contribution in [1.29, 1.82) is 0 Å². The zero-order valence-corrected chi connectivity index (χ0v) is 15.9. The van der Waals surface area contributed by atoms with Crippen LogP contribution in [-0.4, -0.2) is 41.0 Å². The molecule has 2 aromatic carbocycles. The van der Waals surface area contributed by atoms with Gasteiger partial charge in [0.25, 0.3) is 5.91 Å². The molecule has 0 N–H and O–H groups in total. The molecule has 138 valence electrons. The summed E-state index contributed by atoms with van der Waals surface area (Å²) in [5.41, 5.74) is 1.34. The van der Waals surface area contributed by atoms with Crippen LogP contribution in [-0.2, 0) is 9.59 Å². The lowest BCUT2D eigenvalue weighted by Crippen LogP contribution is -2.44. The molecule has 0 aromatic heterocycles. The maximum Gasteiger partial charge on any atom is 0.253 e. The number of halogens is 2. The monoisotopic (exact) mass is 401 g/mol. The summed E-state index contributed by atoms with van der Waals surface area (Å²) in [6.45, 7) is 1.62. The van der Waals surface area contributed by atoms with Crippen LogP contribution in [0.25, 0.3) is 0 Å². The molecule has 3 aliphatic heterocycles. The summed E-state index contributed by atoms with van der Waals surface area (Å²) < 4.78 is 0. The van der Waals surface area contributed by atoms with E-state index in [-0.39, 0.29) is 17.9 Å². The highest BCUT2D eigenvalue weighted by Crippen LogP contribution is 2.50. The smallest absolute Gasteiger partial charge is 0.253 e. The number of amides is 2. The summed E-state index contributed by atoms with van der Waals surface area (Å²) in [6.07, 6.45) is 0.973. The molecule has 3 heterocycles. The first-order chi connectivity index (χ1) is 13.1. The number of para-hydroxylation sites is 1. The van der Waals surface area contributed by atoms with Gasteiger partial charge in [0, 0.05) is 13.1 Å². The summed E-state index contributed by atoms with van der Waals surface area (Å²) in [7, 11) is 0. The number of carbonyl (C=O) groups is 2. The van der Waals surface area contributed by atoms with Crippen LogP contribution in [0.5, 0.6) is 0 Å². The van der Waals surface area contributed by atoms with Gasteiger partial charge in [0.05, 0.1) is 27.7 Å². The second kappa shape index (κ2) is 6.31. The Labute approximate surface area is 167 Å². The van der Waals surface area contributed by atoms with Gasteiger partial charge in [-0.05, 0) is 24.1 Å². The van der Waals surface area contributed by atoms with Crippen molar-refractivity contribution >= 4 is 40.7 Å². The van der Waals surface area contributed by atoms with E-state index in [9.17, 15) is 9.59 Å². The zero-order valence-electron chi connectivity index (χ0n) is 14.4. The van der Waals surface area contributed by atoms with E-state index in [4.69, 9.17) is 23.2 Å². The van der Waals surface area contributed by atoms with Crippen molar-refractivity contribution in [1.82, 2.24) is 10.0 Å². The Kier molecular flexibility index (Phi) is 4.02. The number of imide groups is 1. The van der Waals surface area contributed by atoms with Gasteiger partial charge in [0.1, 0.15) is 6.04 Å². The van der Waals surface area contributed by atoms with E-state index in [0.717, 1.165) is 25.1 Å². The molecule has 7 heteroatoms. The molecule has 0 unspecified atom stereocenters. The third-order valence-electron chi connectivity index (χ3n) is 5.71. The maximum atomic E-state index is 13.5. The average molecular weight is 402 g/mol. The van der Waals surface area contributed by atoms with E-state index in [1.54, 1.807) is 18.2 Å². The fraction of sp³-hybridized carbons (Fsp3) is 0.300. The highest BCUT2D eigenvalue weighted by molar-refractivity contribution is 6.42. The Balaban J connectivity index is 1.63. The number of rotatable bonds is 2. The Bertz CT molecular complexity index is 916. The van der Waals surface area contributed by atoms with Gasteiger partial charge in [-0.2, -0.15) is 0 Å². The highest BCUT2D eigenvalue weighted by Gasteiger charge is 2.63. The van der Waals surface area contributed by atoms with E-state index in [1.807, 2.05) is 30.3 Å². The predicted molar refractivity (Wildman–Crippen MR) is 103 cm³/mol. The van der Waals surface area contributed by atoms with Crippen LogP contribution >= 0.6 is 23.2 Å². The number of hydrogen-bond donors (Lipinski definition) is 0. The molecular formula is C20H17Cl2N3O2. The molecule has 5 nitrogen and oxygen atoms in total. The van der Waals surface area contributed by atoms with Crippen molar-refractivity contribution in [3.05, 3.63) is 64.1 Å². The molecule has 0 radical (unpaired) electrons. The minimum Gasteiger partial charge on any atom is -0.274 e. The van der Waals surface area contributed by atoms with Crippen molar-refractivity contribution < 1.29 is 9.59 Å². The molecule has 0 spiro atoms. The third kappa shape index (κ3) is 2.39. The summed E-state index contributed by atoms with van der Waals surface area (Å²) in [6, 6.07) is 14.3. The largest absolute Gasteiger partial charge is 0.274 e. The van der Waals surface area contributed by atoms with E-state index in [1.165, 1.54) is 4.90 Å². The van der Waals surface area contributed by atoms with Gasteiger partial charge in [-0.1, -0.05) is 59.6 Å². The Morgan fingerprint density at radius 3 is 2.07 bits per heavy atom. The molecule has 0 aliphatic carbocycles. The van der Waals surface area contributed by atoms with Gasteiger partial charge in [0.2, 0.25) is 5.91 Å². The minimum absolute atomic E-state index is 0.151. The fourth-order valence-corrected chi connectivity index (χ4v) is 5.25. The summed E-state index contributed by atoms with van der Waals surface area (Å²) in [5.74, 6) is -0.943. The lowest BCUT2D eigenvalue weighted by Gasteiger charge is -2.30. The molecule has 0 saturated carbocycles. The molecule has 27 heavy (non-hydrogen) atoms. The molecule has 2 amide bonds. The lowest BCUT2D eigenvalue weighted by atomic mass is 9.90. The quantitative estimate of drug-likeness (QED) is 0.721. The van der Waals surface area contributed by atoms with Crippen molar-refractivity contribution in [2.24, 2.45) is 5.92 Å². The first-order valence-electron chi connectivity index (χ1n) is 8.99. The SMILES string of the molecule is O=C1[C@@H]2[C@H](C(=O)N1c1c(Cl)cccc1Cl)N1CCCN1[C@H]2c1ccccc1. The van der Waals surface area contributed by atoms with E-state index < -0.39 is 12.0 Å². The van der Waals surface area contributed by atoms with Crippen LogP contribution < -0.4 is 4.90 Å². The van der Waals surface area contributed by atoms with Gasteiger partial charge in [0.15, 0.2) is 0 Å². The summed E-state index contributed by atoms with van der Waals surface area (Å²) in [5, 5.41) is 4.86. The Morgan fingerprint density at radius 1 is 0.778 bits per heavy atom. The van der Waals surface area contributed by atoms with Crippen LogP contribution in [0.3, 0.4) is 0 Å². The van der Waals surface area contributed by atoms with Crippen LogP contribution in [0, 0.1) is 5.92 Å². The van der Waals surface area contributed by atoms with Gasteiger partial charge in [-0.25, -0.2) is 14.9 Å². The highest BCUT2D eigenvalue weighted by atomic mass is 35.5. The van der Waals surface area contributed by atoms with E-state index in [2.05, 4.69) is 10.0 Å². The van der Waals surface area contributed by atoms with Gasteiger partial charge < -0.3 is 0 Å². The number of hydrazine groups is 1. The third-order valence-corrected chi connectivity index (χ3v) is 6.32. The second-order valence-corrected chi connectivity index (χ2v) is 7.90. The predicted octanol–water partition coefficient (Wildman–Crippen LogP) is 3.53. The van der Waals surface area contributed by atoms with Crippen molar-refractivity contribution in [3.63, 3.8) is 0 Å². The average Bonchev–Trinajstić information content (AvgIpc) is 3.30. The molecular weight excluding hydrogens is 385 g/mol. The van der Waals surface area contributed by atoms with Gasteiger partial charge >= 0.3 is 0 Å². The zero-order chi connectivity index (χ0) is 18.7. The number of anilines is 1. The molecule has 3 aliphatic rings. The maximum absolute atomic E-state index is 13.5. The number of hydrogen-bond acceptors (Lipinski definition) is 4. The molecule has 3 saturated heterocycles. The summed E-state index contributed by atoms with van der Waals surface area (Å²) >= 11 is 12.6. The number of benzene rings is 2. The van der Waals surface area contributed by atoms with Gasteiger partial charge in [-0.3, -0.25) is 9.59 Å². The fourth-order valence-electron chi connectivity index (χ4n) is 4.69. The topological polar surface area (TPSA) is 43.9 Å². The first-order valence-corrected chi connectivity index (χ1v) is 9.75. The van der Waals surface area contributed by atoms with Crippen LogP contribution in [0.2, 0.25) is 10.0 Å². The Morgan fingerprint density at radius 2 is 1.41 bits per heavy atom. The Hall–Kier alpha value is -1.92. The lowest BCUT2D eigenvalue weighted by molar-refractivity contribution is -0.126. The number of nitrogens with zero attached hydrogens (tertiary/aromatic N) is 3. The normalized spacial score (nSPS) is 28.1. The van der Waals surface area contributed by atoms with E-state index >= 15 is 0 Å². The minimum atomic E-state index is -0.502. The van der Waals surface area contributed by atoms with Crippen molar-refractivity contribution in [2.45, 2.75) is 18.5 Å². The van der Waals surface area contributed by atoms with Crippen LogP contribution in [0.15, 0.2) is 48.5 Å². The van der Waals surface area contributed by atoms with Crippen LogP contribution in [0.1, 0.15) is 18.0 Å². The second-order valence-electron chi connectivity index (χ2n) is 7.09.